The third-order valence-electron chi connectivity index (χ3n) is 2.86. The van der Waals surface area contributed by atoms with Crippen molar-refractivity contribution in [3.63, 3.8) is 0 Å². The van der Waals surface area contributed by atoms with Crippen molar-refractivity contribution in [2.75, 3.05) is 13.7 Å². The van der Waals surface area contributed by atoms with Gasteiger partial charge >= 0.3 is 8.25 Å². The van der Waals surface area contributed by atoms with Crippen molar-refractivity contribution in [2.24, 2.45) is 5.92 Å². The van der Waals surface area contributed by atoms with E-state index in [2.05, 4.69) is 4.52 Å². The van der Waals surface area contributed by atoms with Crippen molar-refractivity contribution in [2.45, 2.75) is 45.6 Å². The largest absolute Gasteiger partial charge is 0.379 e. The summed E-state index contributed by atoms with van der Waals surface area (Å²) in [5.41, 5.74) is -0.171. The van der Waals surface area contributed by atoms with E-state index in [1.165, 1.54) is 0 Å². The molecule has 1 N–H and O–H groups in total. The fourth-order valence-corrected chi connectivity index (χ4v) is 1.64. The van der Waals surface area contributed by atoms with E-state index in [0.717, 1.165) is 19.3 Å². The van der Waals surface area contributed by atoms with Crippen LogP contribution in [0.2, 0.25) is 0 Å². The monoisotopic (exact) mass is 266 g/mol. The van der Waals surface area contributed by atoms with Crippen LogP contribution in [0.15, 0.2) is 0 Å². The summed E-state index contributed by atoms with van der Waals surface area (Å²) in [6, 6.07) is 0. The Balaban J connectivity index is 3.82. The van der Waals surface area contributed by atoms with Crippen LogP contribution in [-0.2, 0) is 18.6 Å². The van der Waals surface area contributed by atoms with E-state index < -0.39 is 8.25 Å². The first-order chi connectivity index (χ1) is 7.78. The van der Waals surface area contributed by atoms with Crippen molar-refractivity contribution in [3.05, 3.63) is 0 Å². The SMILES string of the molecule is COC(C)(C)CCCC(C)C(=O)CO[PH](=O)O. The Hall–Kier alpha value is -0.220. The molecule has 0 saturated heterocycles. The van der Waals surface area contributed by atoms with Crippen molar-refractivity contribution in [3.8, 4) is 0 Å². The molecule has 17 heavy (non-hydrogen) atoms. The first-order valence-electron chi connectivity index (χ1n) is 5.72. The van der Waals surface area contributed by atoms with Gasteiger partial charge in [0, 0.05) is 13.0 Å². The van der Waals surface area contributed by atoms with E-state index in [0.29, 0.717) is 0 Å². The normalized spacial score (nSPS) is 15.6. The fraction of sp³-hybridized carbons (Fsp3) is 0.909. The van der Waals surface area contributed by atoms with Gasteiger partial charge in [-0.15, -0.1) is 0 Å². The predicted octanol–water partition coefficient (Wildman–Crippen LogP) is 2.19. The number of ether oxygens (including phenoxy) is 1. The molecule has 5 nitrogen and oxygen atoms in total. The Morgan fingerprint density at radius 2 is 2.06 bits per heavy atom. The third kappa shape index (κ3) is 8.50. The quantitative estimate of drug-likeness (QED) is 0.647. The molecular weight excluding hydrogens is 243 g/mol. The van der Waals surface area contributed by atoms with Crippen LogP contribution in [0.4, 0.5) is 0 Å². The number of hydrogen-bond acceptors (Lipinski definition) is 4. The Morgan fingerprint density at radius 1 is 1.47 bits per heavy atom. The maximum absolute atomic E-state index is 11.5. The van der Waals surface area contributed by atoms with Crippen molar-refractivity contribution >= 4 is 14.0 Å². The van der Waals surface area contributed by atoms with Gasteiger partial charge in [-0.2, -0.15) is 0 Å². The molecule has 0 bridgehead atoms. The van der Waals surface area contributed by atoms with Crippen LogP contribution in [-0.4, -0.2) is 30.0 Å². The second-order valence-electron chi connectivity index (χ2n) is 4.78. The Labute approximate surface area is 103 Å². The number of Topliss-reactive ketones (excluding diaryl/α,β-unsaturated/α-hetero) is 1. The standard InChI is InChI=1S/C11H23O5P/c1-9(10(12)8-16-17(13)14)6-5-7-11(2,3)15-4/h9,17H,5-8H2,1-4H3,(H,13,14). The average molecular weight is 266 g/mol. The van der Waals surface area contributed by atoms with Gasteiger partial charge in [-0.1, -0.05) is 6.92 Å². The summed E-state index contributed by atoms with van der Waals surface area (Å²) in [7, 11) is -1.33. The highest BCUT2D eigenvalue weighted by Gasteiger charge is 2.18. The summed E-state index contributed by atoms with van der Waals surface area (Å²) in [5, 5.41) is 0. The summed E-state index contributed by atoms with van der Waals surface area (Å²) in [4.78, 5) is 19.9. The molecule has 0 aliphatic rings. The molecule has 0 aromatic heterocycles. The highest BCUT2D eigenvalue weighted by atomic mass is 31.1. The molecule has 0 heterocycles. The molecule has 0 spiro atoms. The summed E-state index contributed by atoms with van der Waals surface area (Å²) in [6.45, 7) is 5.53. The lowest BCUT2D eigenvalue weighted by molar-refractivity contribution is -0.124. The molecular formula is C11H23O5P. The second-order valence-corrected chi connectivity index (χ2v) is 5.60. The first-order valence-corrected chi connectivity index (χ1v) is 6.98. The maximum atomic E-state index is 11.5. The van der Waals surface area contributed by atoms with E-state index in [1.807, 2.05) is 13.8 Å². The molecule has 0 aliphatic heterocycles. The number of hydrogen-bond donors (Lipinski definition) is 1. The van der Waals surface area contributed by atoms with Crippen LogP contribution in [0.25, 0.3) is 0 Å². The lowest BCUT2D eigenvalue weighted by Crippen LogP contribution is -2.23. The smallest absolute Gasteiger partial charge is 0.317 e. The molecule has 102 valence electrons. The van der Waals surface area contributed by atoms with E-state index >= 15 is 0 Å². The summed E-state index contributed by atoms with van der Waals surface area (Å²) < 4.78 is 20.0. The van der Waals surface area contributed by atoms with Crippen LogP contribution in [0, 0.1) is 5.92 Å². The van der Waals surface area contributed by atoms with E-state index in [9.17, 15) is 9.36 Å². The highest BCUT2D eigenvalue weighted by molar-refractivity contribution is 7.32. The number of ketones is 1. The summed E-state index contributed by atoms with van der Waals surface area (Å²) >= 11 is 0. The van der Waals surface area contributed by atoms with Gasteiger partial charge in [0.25, 0.3) is 0 Å². The van der Waals surface area contributed by atoms with Gasteiger partial charge in [-0.3, -0.25) is 9.36 Å². The molecule has 2 atom stereocenters. The molecule has 2 unspecified atom stereocenters. The van der Waals surface area contributed by atoms with Gasteiger partial charge in [0.15, 0.2) is 5.78 Å². The zero-order valence-electron chi connectivity index (χ0n) is 11.0. The number of carbonyl (C=O) groups excluding carboxylic acids is 1. The van der Waals surface area contributed by atoms with Crippen LogP contribution >= 0.6 is 8.25 Å². The minimum absolute atomic E-state index is 0.132. The van der Waals surface area contributed by atoms with Crippen molar-refractivity contribution < 1.29 is 23.5 Å². The van der Waals surface area contributed by atoms with Crippen molar-refractivity contribution in [1.29, 1.82) is 0 Å². The first kappa shape index (κ1) is 16.8. The van der Waals surface area contributed by atoms with Crippen LogP contribution in [0.1, 0.15) is 40.0 Å². The molecule has 0 fully saturated rings. The summed E-state index contributed by atoms with van der Waals surface area (Å²) in [6.07, 6.45) is 2.49. The lowest BCUT2D eigenvalue weighted by Gasteiger charge is -2.23. The molecule has 0 aromatic carbocycles. The molecule has 0 saturated carbocycles. The van der Waals surface area contributed by atoms with Gasteiger partial charge in [0.1, 0.15) is 6.61 Å². The van der Waals surface area contributed by atoms with Gasteiger partial charge in [-0.05, 0) is 33.1 Å². The second kappa shape index (κ2) is 7.98. The molecule has 0 radical (unpaired) electrons. The number of rotatable bonds is 9. The van der Waals surface area contributed by atoms with E-state index in [1.54, 1.807) is 14.0 Å². The minimum Gasteiger partial charge on any atom is -0.379 e. The topological polar surface area (TPSA) is 72.8 Å². The third-order valence-corrected chi connectivity index (χ3v) is 3.25. The predicted molar refractivity (Wildman–Crippen MR) is 66.3 cm³/mol. The summed E-state index contributed by atoms with van der Waals surface area (Å²) in [5.74, 6) is -0.281. The molecule has 6 heteroatoms. The highest BCUT2D eigenvalue weighted by Crippen LogP contribution is 2.20. The van der Waals surface area contributed by atoms with Crippen LogP contribution in [0.5, 0.6) is 0 Å². The Bertz CT molecular complexity index is 265. The number of carbonyl (C=O) groups is 1. The van der Waals surface area contributed by atoms with E-state index in [-0.39, 0.29) is 23.9 Å². The minimum atomic E-state index is -3.00. The van der Waals surface area contributed by atoms with Gasteiger partial charge < -0.3 is 14.2 Å². The average Bonchev–Trinajstić information content (AvgIpc) is 2.25. The fourth-order valence-electron chi connectivity index (χ4n) is 1.37. The molecule has 0 aromatic rings. The van der Waals surface area contributed by atoms with E-state index in [4.69, 9.17) is 9.63 Å². The van der Waals surface area contributed by atoms with Crippen LogP contribution < -0.4 is 0 Å². The molecule has 0 amide bonds. The maximum Gasteiger partial charge on any atom is 0.317 e. The van der Waals surface area contributed by atoms with Gasteiger partial charge in [0.2, 0.25) is 0 Å². The zero-order chi connectivity index (χ0) is 13.5. The lowest BCUT2D eigenvalue weighted by atomic mass is 9.94. The van der Waals surface area contributed by atoms with Gasteiger partial charge in [0.05, 0.1) is 5.60 Å². The molecule has 0 rings (SSSR count). The number of methoxy groups -OCH3 is 1. The Kier molecular flexibility index (Phi) is 7.88. The molecule has 0 aliphatic carbocycles. The van der Waals surface area contributed by atoms with Crippen molar-refractivity contribution in [1.82, 2.24) is 0 Å². The zero-order valence-corrected chi connectivity index (χ0v) is 12.0. The Morgan fingerprint density at radius 3 is 2.53 bits per heavy atom. The van der Waals surface area contributed by atoms with Crippen LogP contribution in [0.3, 0.4) is 0 Å². The van der Waals surface area contributed by atoms with Gasteiger partial charge in [-0.25, -0.2) is 0 Å².